The highest BCUT2D eigenvalue weighted by Crippen LogP contribution is 2.55. The number of nitrogens with two attached hydrogens (primary N) is 1. The van der Waals surface area contributed by atoms with E-state index < -0.39 is 58.9 Å². The fourth-order valence-electron chi connectivity index (χ4n) is 5.16. The number of alkyl halides is 3. The van der Waals surface area contributed by atoms with Gasteiger partial charge in [0.15, 0.2) is 17.2 Å². The molecule has 0 radical (unpaired) electrons. The number of primary amides is 1. The van der Waals surface area contributed by atoms with E-state index in [-0.39, 0.29) is 29.6 Å². The number of amides is 2. The molecule has 3 heterocycles. The molecule has 2 saturated heterocycles. The van der Waals surface area contributed by atoms with Crippen LogP contribution in [0.15, 0.2) is 30.5 Å². The first kappa shape index (κ1) is 30.6. The summed E-state index contributed by atoms with van der Waals surface area (Å²) < 4.78 is 89.0. The molecule has 1 aromatic heterocycles. The van der Waals surface area contributed by atoms with Crippen molar-refractivity contribution in [3.05, 3.63) is 53.4 Å². The molecular weight excluding hydrogens is 555 g/mol. The van der Waals surface area contributed by atoms with E-state index in [1.54, 1.807) is 0 Å². The molecule has 5 atom stereocenters. The van der Waals surface area contributed by atoms with Crippen LogP contribution in [0.3, 0.4) is 0 Å². The van der Waals surface area contributed by atoms with Crippen molar-refractivity contribution in [3.8, 4) is 5.75 Å². The summed E-state index contributed by atoms with van der Waals surface area (Å²) in [5.74, 6) is -7.95. The largest absolute Gasteiger partial charge is 0.488 e. The molecule has 2 aliphatic heterocycles. The second-order valence-electron chi connectivity index (χ2n) is 10.3. The third kappa shape index (κ3) is 6.14. The number of aromatic nitrogens is 1. The van der Waals surface area contributed by atoms with Crippen LogP contribution in [0.2, 0.25) is 0 Å². The SMILES string of the molecule is C[C@H](COc1c([C@H]2[C@H](C(=O)Nc3ccnc(C(N)=O)c3)O[C@@](C)(C(F)(F)F)[C@H]2C)ccc(F)c1F)N1CCOCC1. The van der Waals surface area contributed by atoms with Crippen LogP contribution in [0.5, 0.6) is 5.75 Å². The predicted octanol–water partition coefficient (Wildman–Crippen LogP) is 3.64. The van der Waals surface area contributed by atoms with Gasteiger partial charge in [-0.3, -0.25) is 19.5 Å². The molecule has 41 heavy (non-hydrogen) atoms. The zero-order valence-corrected chi connectivity index (χ0v) is 22.6. The third-order valence-electron chi connectivity index (χ3n) is 7.78. The fraction of sp³-hybridized carbons (Fsp3) is 0.519. The molecule has 0 aliphatic carbocycles. The van der Waals surface area contributed by atoms with Crippen molar-refractivity contribution in [2.45, 2.75) is 50.6 Å². The van der Waals surface area contributed by atoms with Gasteiger partial charge < -0.3 is 25.3 Å². The topological polar surface area (TPSA) is 116 Å². The van der Waals surface area contributed by atoms with E-state index in [1.165, 1.54) is 19.2 Å². The van der Waals surface area contributed by atoms with Crippen molar-refractivity contribution in [2.75, 3.05) is 38.2 Å². The number of anilines is 1. The van der Waals surface area contributed by atoms with E-state index >= 15 is 4.39 Å². The lowest BCUT2D eigenvalue weighted by Gasteiger charge is -2.33. The Morgan fingerprint density at radius 1 is 1.24 bits per heavy atom. The van der Waals surface area contributed by atoms with E-state index in [0.29, 0.717) is 26.3 Å². The number of nitrogens with one attached hydrogen (secondary N) is 1. The quantitative estimate of drug-likeness (QED) is 0.454. The lowest BCUT2D eigenvalue weighted by molar-refractivity contribution is -0.272. The number of benzene rings is 1. The third-order valence-corrected chi connectivity index (χ3v) is 7.78. The summed E-state index contributed by atoms with van der Waals surface area (Å²) >= 11 is 0. The molecule has 0 unspecified atom stereocenters. The highest BCUT2D eigenvalue weighted by Gasteiger charge is 2.66. The van der Waals surface area contributed by atoms with Crippen LogP contribution in [0.1, 0.15) is 42.7 Å². The van der Waals surface area contributed by atoms with Crippen LogP contribution in [-0.2, 0) is 14.3 Å². The van der Waals surface area contributed by atoms with E-state index in [9.17, 15) is 27.2 Å². The molecule has 3 N–H and O–H groups in total. The van der Waals surface area contributed by atoms with Gasteiger partial charge in [-0.25, -0.2) is 4.39 Å². The van der Waals surface area contributed by atoms with E-state index in [0.717, 1.165) is 25.1 Å². The van der Waals surface area contributed by atoms with Crippen LogP contribution >= 0.6 is 0 Å². The van der Waals surface area contributed by atoms with Gasteiger partial charge in [-0.1, -0.05) is 13.0 Å². The lowest BCUT2D eigenvalue weighted by atomic mass is 9.77. The Morgan fingerprint density at radius 3 is 2.56 bits per heavy atom. The van der Waals surface area contributed by atoms with Gasteiger partial charge in [0, 0.05) is 48.4 Å². The average Bonchev–Trinajstić information content (AvgIpc) is 3.21. The molecule has 4 rings (SSSR count). The number of carbonyl (C=O) groups excluding carboxylic acids is 2. The van der Waals surface area contributed by atoms with Crippen molar-refractivity contribution >= 4 is 17.5 Å². The van der Waals surface area contributed by atoms with Crippen molar-refractivity contribution in [3.63, 3.8) is 0 Å². The maximum Gasteiger partial charge on any atom is 0.417 e. The Hall–Kier alpha value is -3.36. The Bertz CT molecular complexity index is 1290. The Labute approximate surface area is 233 Å². The van der Waals surface area contributed by atoms with Gasteiger partial charge in [0.05, 0.1) is 13.2 Å². The Balaban J connectivity index is 1.70. The van der Waals surface area contributed by atoms with Gasteiger partial charge in [-0.05, 0) is 32.0 Å². The fourth-order valence-corrected chi connectivity index (χ4v) is 5.16. The second-order valence-corrected chi connectivity index (χ2v) is 10.3. The number of carbonyl (C=O) groups is 2. The van der Waals surface area contributed by atoms with Crippen molar-refractivity contribution in [2.24, 2.45) is 11.7 Å². The number of halogens is 5. The minimum Gasteiger partial charge on any atom is -0.488 e. The minimum atomic E-state index is -4.92. The summed E-state index contributed by atoms with van der Waals surface area (Å²) in [4.78, 5) is 30.7. The normalized spacial score (nSPS) is 26.0. The second kappa shape index (κ2) is 11.9. The highest BCUT2D eigenvalue weighted by molar-refractivity contribution is 5.97. The van der Waals surface area contributed by atoms with E-state index in [1.807, 2.05) is 11.8 Å². The summed E-state index contributed by atoms with van der Waals surface area (Å²) in [5, 5.41) is 2.42. The van der Waals surface area contributed by atoms with Gasteiger partial charge in [-0.2, -0.15) is 17.6 Å². The van der Waals surface area contributed by atoms with Crippen LogP contribution in [0, 0.1) is 17.6 Å². The summed E-state index contributed by atoms with van der Waals surface area (Å²) in [6.07, 6.45) is -5.53. The molecule has 2 aromatic rings. The molecule has 0 spiro atoms. The molecule has 2 fully saturated rings. The molecule has 1 aromatic carbocycles. The van der Waals surface area contributed by atoms with Gasteiger partial charge in [-0.15, -0.1) is 0 Å². The molecule has 9 nitrogen and oxygen atoms in total. The maximum absolute atomic E-state index is 15.2. The number of hydrogen-bond donors (Lipinski definition) is 2. The first-order valence-electron chi connectivity index (χ1n) is 13.0. The number of nitrogens with zero attached hydrogens (tertiary/aromatic N) is 2. The maximum atomic E-state index is 15.2. The van der Waals surface area contributed by atoms with Gasteiger partial charge in [0.2, 0.25) is 5.82 Å². The van der Waals surface area contributed by atoms with Gasteiger partial charge in [0.25, 0.3) is 11.8 Å². The zero-order valence-electron chi connectivity index (χ0n) is 22.6. The average molecular weight is 587 g/mol. The molecule has 0 bridgehead atoms. The Kier molecular flexibility index (Phi) is 8.85. The van der Waals surface area contributed by atoms with E-state index in [4.69, 9.17) is 19.9 Å². The first-order valence-corrected chi connectivity index (χ1v) is 13.0. The molecule has 224 valence electrons. The zero-order chi connectivity index (χ0) is 30.1. The Morgan fingerprint density at radius 2 is 1.93 bits per heavy atom. The van der Waals surface area contributed by atoms with Crippen molar-refractivity contribution in [1.82, 2.24) is 9.88 Å². The van der Waals surface area contributed by atoms with Crippen molar-refractivity contribution < 1.29 is 45.8 Å². The molecule has 2 aliphatic rings. The molecule has 14 heteroatoms. The minimum absolute atomic E-state index is 0.0236. The summed E-state index contributed by atoms with van der Waals surface area (Å²) in [7, 11) is 0. The van der Waals surface area contributed by atoms with Crippen LogP contribution in [0.4, 0.5) is 27.6 Å². The predicted molar refractivity (Wildman–Crippen MR) is 136 cm³/mol. The smallest absolute Gasteiger partial charge is 0.417 e. The molecular formula is C27H31F5N4O5. The first-order chi connectivity index (χ1) is 19.2. The van der Waals surface area contributed by atoms with E-state index in [2.05, 4.69) is 10.3 Å². The number of hydrogen-bond acceptors (Lipinski definition) is 7. The summed E-state index contributed by atoms with van der Waals surface area (Å²) in [6.45, 7) is 5.91. The van der Waals surface area contributed by atoms with Gasteiger partial charge >= 0.3 is 6.18 Å². The number of morpholine rings is 1. The van der Waals surface area contributed by atoms with Crippen LogP contribution in [-0.4, -0.2) is 78.5 Å². The molecule has 0 saturated carbocycles. The molecule has 2 amide bonds. The van der Waals surface area contributed by atoms with Crippen LogP contribution in [0.25, 0.3) is 0 Å². The lowest BCUT2D eigenvalue weighted by Crippen LogP contribution is -2.47. The number of pyridine rings is 1. The van der Waals surface area contributed by atoms with Crippen molar-refractivity contribution in [1.29, 1.82) is 0 Å². The summed E-state index contributed by atoms with van der Waals surface area (Å²) in [6, 6.07) is 4.08. The standard InChI is InChI=1S/C27H31F5N4O5/c1-14(36-8-10-39-11-9-36)13-40-22-17(4-5-18(28)21(22)29)20-15(2)26(3,27(30,31)32)41-23(20)25(38)35-16-6-7-34-19(12-16)24(33)37/h4-7,12,14-15,20,23H,8-11,13H2,1-3H3,(H2,33,37)(H,34,35,38)/t14-,15+,20+,23-,26-/m1/s1. The number of ether oxygens (including phenoxy) is 3. The van der Waals surface area contributed by atoms with Gasteiger partial charge in [0.1, 0.15) is 18.4 Å². The highest BCUT2D eigenvalue weighted by atomic mass is 19.4. The monoisotopic (exact) mass is 586 g/mol. The number of rotatable bonds is 8. The van der Waals surface area contributed by atoms with Crippen LogP contribution < -0.4 is 15.8 Å². The summed E-state index contributed by atoms with van der Waals surface area (Å²) in [5.41, 5.74) is 2.09.